The van der Waals surface area contributed by atoms with Gasteiger partial charge < -0.3 is 92.5 Å². The molecule has 0 saturated carbocycles. The highest BCUT2D eigenvalue weighted by molar-refractivity contribution is 7.98. The molecule has 2 heterocycles. The van der Waals surface area contributed by atoms with Gasteiger partial charge in [0.2, 0.25) is 76.8 Å². The predicted octanol–water partition coefficient (Wildman–Crippen LogP) is -2.40. The standard InChI is InChI=1S/C63H96Cl2N18O13S/c1-35(2)31-45(57(91)76-41(53(70)87)25-30-97-3)75-52(86)34-74-54(88)46(32-36-13-17-38(64)18-14-36)80-58(92)47(33-37-15-19-39(65)20-16-37)81-56(90)42(21-23-50(68)84)77-55(89)43(22-24-51(69)85)78-59(93)49-12-8-29-83(49)62(96)44(10-4-5-26-66)79-60(94)48-11-7-28-82(48)61(95)40(67)9-6-27-73-63(71)72/h13-20,35,40-49H,4-12,21-34,66-67H2,1-3H3,(H2,68,84)(H2,69,85)(H2,70,87)(H,74,88)(H,75,86)(H,76,91)(H,77,89)(H,78,93)(H,79,94)(H,80,92)(H,81,90)(H4,71,72,73). The fraction of sp³-hybridized carbons (Fsp3) is 0.587. The summed E-state index contributed by atoms with van der Waals surface area (Å²) in [4.78, 5) is 185. The van der Waals surface area contributed by atoms with E-state index in [1.54, 1.807) is 36.4 Å². The van der Waals surface area contributed by atoms with Crippen molar-refractivity contribution in [2.24, 2.45) is 51.0 Å². The van der Waals surface area contributed by atoms with Crippen molar-refractivity contribution in [1.82, 2.24) is 52.3 Å². The topological polar surface area (TPSA) is 519 Å². The van der Waals surface area contributed by atoms with E-state index in [0.717, 1.165) is 0 Å². The molecule has 2 aromatic carbocycles. The number of aliphatic imine (C=N–C) groups is 1. The molecule has 10 unspecified atom stereocenters. The van der Waals surface area contributed by atoms with Crippen molar-refractivity contribution in [1.29, 1.82) is 0 Å². The second-order valence-corrected chi connectivity index (χ2v) is 26.3. The number of nitrogens with two attached hydrogens (primary N) is 7. The number of amides is 13. The van der Waals surface area contributed by atoms with Crippen molar-refractivity contribution in [2.45, 2.75) is 183 Å². The summed E-state index contributed by atoms with van der Waals surface area (Å²) in [5.41, 5.74) is 40.5. The van der Waals surface area contributed by atoms with E-state index in [2.05, 4.69) is 47.5 Å². The number of thioether (sulfide) groups is 1. The maximum Gasteiger partial charge on any atom is 0.245 e. The van der Waals surface area contributed by atoms with Crippen LogP contribution in [-0.4, -0.2) is 198 Å². The maximum absolute atomic E-state index is 14.7. The molecule has 34 heteroatoms. The van der Waals surface area contributed by atoms with Gasteiger partial charge in [-0.15, -0.1) is 0 Å². The van der Waals surface area contributed by atoms with Crippen molar-refractivity contribution >= 4 is 118 Å². The summed E-state index contributed by atoms with van der Waals surface area (Å²) in [5, 5.41) is 21.7. The third-order valence-corrected chi connectivity index (χ3v) is 17.3. The van der Waals surface area contributed by atoms with Crippen LogP contribution in [-0.2, 0) is 75.2 Å². The number of rotatable bonds is 42. The number of primary amides is 3. The molecule has 4 rings (SSSR count). The Balaban J connectivity index is 1.59. The van der Waals surface area contributed by atoms with Crippen molar-refractivity contribution in [2.75, 3.05) is 44.7 Å². The third kappa shape index (κ3) is 28.3. The molecule has 13 amide bonds. The van der Waals surface area contributed by atoms with Crippen LogP contribution in [0.1, 0.15) is 121 Å². The minimum atomic E-state index is -1.68. The molecule has 0 bridgehead atoms. The van der Waals surface area contributed by atoms with Gasteiger partial charge >= 0.3 is 0 Å². The Morgan fingerprint density at radius 3 is 1.49 bits per heavy atom. The van der Waals surface area contributed by atoms with Gasteiger partial charge in [0.25, 0.3) is 0 Å². The molecule has 0 spiro atoms. The van der Waals surface area contributed by atoms with E-state index >= 15 is 0 Å². The molecule has 0 aromatic heterocycles. The quantitative estimate of drug-likeness (QED) is 0.0187. The van der Waals surface area contributed by atoms with Gasteiger partial charge in [-0.25, -0.2) is 0 Å². The van der Waals surface area contributed by atoms with E-state index in [9.17, 15) is 62.3 Å². The highest BCUT2D eigenvalue weighted by Gasteiger charge is 2.42. The fourth-order valence-electron chi connectivity index (χ4n) is 11.0. The lowest BCUT2D eigenvalue weighted by Gasteiger charge is -2.32. The van der Waals surface area contributed by atoms with Crippen molar-refractivity contribution < 1.29 is 62.3 Å². The molecule has 22 N–H and O–H groups in total. The van der Waals surface area contributed by atoms with Crippen molar-refractivity contribution in [3.63, 3.8) is 0 Å². The normalized spacial score (nSPS) is 16.7. The van der Waals surface area contributed by atoms with Crippen LogP contribution in [0.5, 0.6) is 0 Å². The number of hydrogen-bond acceptors (Lipinski definition) is 17. The number of hydrogen-bond donors (Lipinski definition) is 15. The van der Waals surface area contributed by atoms with E-state index in [-0.39, 0.29) is 83.0 Å². The van der Waals surface area contributed by atoms with Crippen LogP contribution in [0.2, 0.25) is 10.0 Å². The monoisotopic (exact) mass is 1410 g/mol. The second-order valence-electron chi connectivity index (χ2n) is 24.4. The molecule has 0 aliphatic carbocycles. The number of unbranched alkanes of at least 4 members (excludes halogenated alkanes) is 1. The molecule has 2 fully saturated rings. The first-order valence-corrected chi connectivity index (χ1v) is 34.5. The Morgan fingerprint density at radius 1 is 0.546 bits per heavy atom. The lowest BCUT2D eigenvalue weighted by Crippen LogP contribution is -2.60. The number of nitrogens with zero attached hydrogens (tertiary/aromatic N) is 3. The SMILES string of the molecule is CSCCC(NC(=O)C(CC(C)C)NC(=O)CNC(=O)C(Cc1ccc(Cl)cc1)NC(=O)C(Cc1ccc(Cl)cc1)NC(=O)C(CCC(N)=O)NC(=O)C(CCC(N)=O)NC(=O)C1CCCN1C(=O)C(CCCCN)NC(=O)C1CCCN1C(=O)C(N)CCCN=C(N)N)C(N)=O. The number of benzene rings is 2. The third-order valence-electron chi connectivity index (χ3n) is 16.2. The van der Waals surface area contributed by atoms with E-state index < -0.39 is 169 Å². The molecule has 2 aliphatic rings. The van der Waals surface area contributed by atoms with Gasteiger partial charge in [0, 0.05) is 55.4 Å². The summed E-state index contributed by atoms with van der Waals surface area (Å²) in [6, 6.07) is -0.298. The summed E-state index contributed by atoms with van der Waals surface area (Å²) in [7, 11) is 0. The molecule has 10 atom stereocenters. The van der Waals surface area contributed by atoms with Crippen LogP contribution < -0.4 is 82.7 Å². The molecule has 0 radical (unpaired) electrons. The number of guanidine groups is 1. The molecule has 31 nitrogen and oxygen atoms in total. The smallest absolute Gasteiger partial charge is 0.245 e. The van der Waals surface area contributed by atoms with Crippen LogP contribution in [0.15, 0.2) is 53.5 Å². The van der Waals surface area contributed by atoms with Crippen LogP contribution in [0, 0.1) is 5.92 Å². The Kier molecular flexibility index (Phi) is 34.9. The lowest BCUT2D eigenvalue weighted by molar-refractivity contribution is -0.144. The average Bonchev–Trinajstić information content (AvgIpc) is 1.75. The van der Waals surface area contributed by atoms with E-state index in [1.807, 2.05) is 20.1 Å². The second kappa shape index (κ2) is 41.7. The minimum absolute atomic E-state index is 0.0616. The van der Waals surface area contributed by atoms with Gasteiger partial charge in [-0.3, -0.25) is 67.3 Å². The number of carbonyl (C=O) groups is 13. The summed E-state index contributed by atoms with van der Waals surface area (Å²) >= 11 is 13.8. The Hall–Kier alpha value is -8.33. The molecular weight excluding hydrogens is 1320 g/mol. The molecule has 2 aromatic rings. The van der Waals surface area contributed by atoms with Crippen molar-refractivity contribution in [3.8, 4) is 0 Å². The van der Waals surface area contributed by atoms with Gasteiger partial charge in [0.1, 0.15) is 54.4 Å². The first kappa shape index (κ1) is 81.1. The van der Waals surface area contributed by atoms with Crippen LogP contribution in [0.3, 0.4) is 0 Å². The maximum atomic E-state index is 14.7. The van der Waals surface area contributed by atoms with Crippen LogP contribution in [0.4, 0.5) is 0 Å². The Bertz CT molecular complexity index is 3070. The van der Waals surface area contributed by atoms with Gasteiger partial charge in [0.05, 0.1) is 12.6 Å². The fourth-order valence-corrected chi connectivity index (χ4v) is 11.8. The molecule has 536 valence electrons. The van der Waals surface area contributed by atoms with Gasteiger partial charge in [-0.05, 0) is 143 Å². The highest BCUT2D eigenvalue weighted by atomic mass is 35.5. The first-order valence-electron chi connectivity index (χ1n) is 32.4. The Morgan fingerprint density at radius 2 is 1.01 bits per heavy atom. The average molecular weight is 1420 g/mol. The molecule has 97 heavy (non-hydrogen) atoms. The summed E-state index contributed by atoms with van der Waals surface area (Å²) in [6.45, 7) is 3.77. The zero-order valence-corrected chi connectivity index (χ0v) is 57.4. The number of nitrogens with one attached hydrogen (secondary N) is 8. The summed E-state index contributed by atoms with van der Waals surface area (Å²) in [6.07, 6.45) is 2.76. The predicted molar refractivity (Wildman–Crippen MR) is 366 cm³/mol. The van der Waals surface area contributed by atoms with E-state index in [1.165, 1.54) is 33.7 Å². The molecule has 2 aliphatic heterocycles. The minimum Gasteiger partial charge on any atom is -0.370 e. The summed E-state index contributed by atoms with van der Waals surface area (Å²) < 4.78 is 0. The Labute approximate surface area is 578 Å². The van der Waals surface area contributed by atoms with Gasteiger partial charge in [-0.2, -0.15) is 11.8 Å². The van der Waals surface area contributed by atoms with E-state index in [0.29, 0.717) is 65.4 Å². The zero-order chi connectivity index (χ0) is 71.9. The first-order chi connectivity index (χ1) is 46.0. The van der Waals surface area contributed by atoms with Crippen LogP contribution in [0.25, 0.3) is 0 Å². The largest absolute Gasteiger partial charge is 0.370 e. The summed E-state index contributed by atoms with van der Waals surface area (Å²) in [5.74, 6) is -10.1. The molecular formula is C63H96Cl2N18O13S. The van der Waals surface area contributed by atoms with Crippen LogP contribution >= 0.6 is 35.0 Å². The number of likely N-dealkylation sites (tertiary alicyclic amines) is 2. The zero-order valence-electron chi connectivity index (χ0n) is 55.1. The molecule has 2 saturated heterocycles. The van der Waals surface area contributed by atoms with Gasteiger partial charge in [0.15, 0.2) is 5.96 Å². The van der Waals surface area contributed by atoms with E-state index in [4.69, 9.17) is 63.3 Å². The highest BCUT2D eigenvalue weighted by Crippen LogP contribution is 2.24. The number of carbonyl (C=O) groups excluding carboxylic acids is 13. The van der Waals surface area contributed by atoms with Gasteiger partial charge in [-0.1, -0.05) is 61.3 Å². The van der Waals surface area contributed by atoms with Crippen molar-refractivity contribution in [3.05, 3.63) is 69.7 Å². The lowest BCUT2D eigenvalue weighted by atomic mass is 10.0. The number of halogens is 2.